The monoisotopic (exact) mass is 315 g/mol. The minimum atomic E-state index is 0.599. The lowest BCUT2D eigenvalue weighted by molar-refractivity contribution is 0.386. The lowest BCUT2D eigenvalue weighted by atomic mass is 9.93. The van der Waals surface area contributed by atoms with Gasteiger partial charge in [-0.15, -0.1) is 0 Å². The first-order valence-electron chi connectivity index (χ1n) is 7.58. The molecular weight excluding hydrogens is 298 g/mol. The highest BCUT2D eigenvalue weighted by molar-refractivity contribution is 6.34. The predicted molar refractivity (Wildman–Crippen MR) is 90.3 cm³/mol. The molecule has 22 heavy (non-hydrogen) atoms. The maximum absolute atomic E-state index is 8.33. The van der Waals surface area contributed by atoms with Crippen LogP contribution in [0.1, 0.15) is 19.3 Å². The first kappa shape index (κ1) is 14.9. The standard InChI is InChI=1S/C16H18ClN5/c17-14-10-13-2-1-6-19-15(13)11-16(14)22-8-4-12(5-9-22)3-7-20-21-18/h1-2,6,10-12H,3-5,7-9H2. The Morgan fingerprint density at radius 3 is 2.95 bits per heavy atom. The van der Waals surface area contributed by atoms with E-state index in [1.54, 1.807) is 0 Å². The summed E-state index contributed by atoms with van der Waals surface area (Å²) in [5.74, 6) is 0.638. The van der Waals surface area contributed by atoms with Crippen LogP contribution in [0, 0.1) is 5.92 Å². The van der Waals surface area contributed by atoms with Crippen LogP contribution in [0.4, 0.5) is 5.69 Å². The average molecular weight is 316 g/mol. The number of aromatic nitrogens is 1. The third-order valence-electron chi connectivity index (χ3n) is 4.33. The Morgan fingerprint density at radius 1 is 1.36 bits per heavy atom. The highest BCUT2D eigenvalue weighted by Crippen LogP contribution is 2.33. The molecule has 3 rings (SSSR count). The van der Waals surface area contributed by atoms with Crippen molar-refractivity contribution >= 4 is 28.2 Å². The Bertz CT molecular complexity index is 703. The van der Waals surface area contributed by atoms with Crippen molar-refractivity contribution in [3.63, 3.8) is 0 Å². The van der Waals surface area contributed by atoms with E-state index in [1.807, 2.05) is 24.4 Å². The molecule has 0 spiro atoms. The van der Waals surface area contributed by atoms with Gasteiger partial charge in [0.05, 0.1) is 16.2 Å². The molecule has 2 heterocycles. The summed E-state index contributed by atoms with van der Waals surface area (Å²) in [4.78, 5) is 9.56. The van der Waals surface area contributed by atoms with Crippen LogP contribution in [0.5, 0.6) is 0 Å². The lowest BCUT2D eigenvalue weighted by Crippen LogP contribution is -2.34. The Hall–Kier alpha value is -1.97. The number of nitrogens with zero attached hydrogens (tertiary/aromatic N) is 5. The van der Waals surface area contributed by atoms with Crippen molar-refractivity contribution < 1.29 is 0 Å². The Kier molecular flexibility index (Phi) is 4.66. The van der Waals surface area contributed by atoms with Gasteiger partial charge in [0.1, 0.15) is 0 Å². The van der Waals surface area contributed by atoms with Gasteiger partial charge in [-0.05, 0) is 48.9 Å². The number of anilines is 1. The summed E-state index contributed by atoms with van der Waals surface area (Å²) in [7, 11) is 0. The summed E-state index contributed by atoms with van der Waals surface area (Å²) < 4.78 is 0. The van der Waals surface area contributed by atoms with Gasteiger partial charge in [0.2, 0.25) is 0 Å². The molecule has 0 unspecified atom stereocenters. The van der Waals surface area contributed by atoms with Crippen LogP contribution in [-0.4, -0.2) is 24.6 Å². The van der Waals surface area contributed by atoms with Gasteiger partial charge in [-0.3, -0.25) is 4.98 Å². The van der Waals surface area contributed by atoms with Gasteiger partial charge < -0.3 is 4.90 Å². The third kappa shape index (κ3) is 3.26. The second-order valence-corrected chi connectivity index (χ2v) is 6.08. The molecule has 5 nitrogen and oxygen atoms in total. The van der Waals surface area contributed by atoms with Gasteiger partial charge in [0.25, 0.3) is 0 Å². The van der Waals surface area contributed by atoms with Gasteiger partial charge in [-0.2, -0.15) is 0 Å². The largest absolute Gasteiger partial charge is 0.370 e. The zero-order valence-corrected chi connectivity index (χ0v) is 13.1. The summed E-state index contributed by atoms with van der Waals surface area (Å²) in [5, 5.41) is 5.48. The number of azide groups is 1. The van der Waals surface area contributed by atoms with E-state index in [9.17, 15) is 0 Å². The number of benzene rings is 1. The van der Waals surface area contributed by atoms with Crippen LogP contribution >= 0.6 is 11.6 Å². The molecule has 114 valence electrons. The fourth-order valence-electron chi connectivity index (χ4n) is 3.07. The molecule has 0 N–H and O–H groups in total. The minimum Gasteiger partial charge on any atom is -0.370 e. The first-order chi connectivity index (χ1) is 10.8. The van der Waals surface area contributed by atoms with E-state index < -0.39 is 0 Å². The van der Waals surface area contributed by atoms with Gasteiger partial charge in [-0.1, -0.05) is 22.8 Å². The van der Waals surface area contributed by atoms with Crippen molar-refractivity contribution in [2.75, 3.05) is 24.5 Å². The molecule has 1 saturated heterocycles. The van der Waals surface area contributed by atoms with Crippen LogP contribution in [0.25, 0.3) is 21.3 Å². The van der Waals surface area contributed by atoms with E-state index in [-0.39, 0.29) is 0 Å². The van der Waals surface area contributed by atoms with Crippen LogP contribution in [-0.2, 0) is 0 Å². The third-order valence-corrected chi connectivity index (χ3v) is 4.63. The van der Waals surface area contributed by atoms with E-state index in [0.29, 0.717) is 12.5 Å². The van der Waals surface area contributed by atoms with Gasteiger partial charge >= 0.3 is 0 Å². The van der Waals surface area contributed by atoms with Crippen molar-refractivity contribution in [1.29, 1.82) is 0 Å². The number of hydrogen-bond acceptors (Lipinski definition) is 3. The summed E-state index contributed by atoms with van der Waals surface area (Å²) in [6, 6.07) is 8.03. The van der Waals surface area contributed by atoms with E-state index in [0.717, 1.165) is 54.0 Å². The number of rotatable bonds is 4. The SMILES string of the molecule is [N-]=[N+]=NCCC1CCN(c2cc3ncccc3cc2Cl)CC1. The second-order valence-electron chi connectivity index (χ2n) is 5.67. The number of hydrogen-bond donors (Lipinski definition) is 0. The van der Waals surface area contributed by atoms with Gasteiger partial charge in [0.15, 0.2) is 0 Å². The van der Waals surface area contributed by atoms with Crippen molar-refractivity contribution in [2.45, 2.75) is 19.3 Å². The molecule has 1 aliphatic heterocycles. The van der Waals surface area contributed by atoms with Crippen molar-refractivity contribution in [2.24, 2.45) is 11.0 Å². The van der Waals surface area contributed by atoms with Crippen molar-refractivity contribution in [3.05, 3.63) is 45.9 Å². The maximum Gasteiger partial charge on any atom is 0.0723 e. The average Bonchev–Trinajstić information content (AvgIpc) is 2.55. The molecular formula is C16H18ClN5. The highest BCUT2D eigenvalue weighted by Gasteiger charge is 2.20. The maximum atomic E-state index is 8.33. The fraction of sp³-hybridized carbons (Fsp3) is 0.438. The lowest BCUT2D eigenvalue weighted by Gasteiger charge is -2.34. The zero-order valence-electron chi connectivity index (χ0n) is 12.3. The van der Waals surface area contributed by atoms with Gasteiger partial charge in [0, 0.05) is 36.1 Å². The van der Waals surface area contributed by atoms with Crippen LogP contribution in [0.2, 0.25) is 5.02 Å². The molecule has 1 fully saturated rings. The van der Waals surface area contributed by atoms with Crippen molar-refractivity contribution in [3.8, 4) is 0 Å². The zero-order chi connectivity index (χ0) is 15.4. The molecule has 1 aromatic heterocycles. The van der Waals surface area contributed by atoms with E-state index in [1.165, 1.54) is 0 Å². The number of pyridine rings is 1. The molecule has 1 aromatic carbocycles. The second kappa shape index (κ2) is 6.86. The Morgan fingerprint density at radius 2 is 2.18 bits per heavy atom. The fourth-order valence-corrected chi connectivity index (χ4v) is 3.36. The molecule has 1 aliphatic rings. The molecule has 0 saturated carbocycles. The summed E-state index contributed by atoms with van der Waals surface area (Å²) >= 11 is 6.45. The van der Waals surface area contributed by atoms with Crippen molar-refractivity contribution in [1.82, 2.24) is 4.98 Å². The van der Waals surface area contributed by atoms with E-state index >= 15 is 0 Å². The molecule has 0 amide bonds. The Labute approximate surface area is 134 Å². The van der Waals surface area contributed by atoms with E-state index in [2.05, 4.69) is 26.0 Å². The predicted octanol–water partition coefficient (Wildman–Crippen LogP) is 4.81. The molecule has 0 radical (unpaired) electrons. The molecule has 0 aliphatic carbocycles. The molecule has 6 heteroatoms. The number of piperidine rings is 1. The summed E-state index contributed by atoms with van der Waals surface area (Å²) in [6.45, 7) is 2.57. The van der Waals surface area contributed by atoms with Crippen LogP contribution in [0.3, 0.4) is 0 Å². The van der Waals surface area contributed by atoms with Crippen LogP contribution in [0.15, 0.2) is 35.6 Å². The summed E-state index contributed by atoms with van der Waals surface area (Å²) in [5.41, 5.74) is 10.4. The topological polar surface area (TPSA) is 64.9 Å². The van der Waals surface area contributed by atoms with Crippen LogP contribution < -0.4 is 4.90 Å². The molecule has 0 atom stereocenters. The normalized spacial score (nSPS) is 15.8. The smallest absolute Gasteiger partial charge is 0.0723 e. The minimum absolute atomic E-state index is 0.599. The molecule has 2 aromatic rings. The highest BCUT2D eigenvalue weighted by atomic mass is 35.5. The quantitative estimate of drug-likeness (QED) is 0.462. The van der Waals surface area contributed by atoms with Gasteiger partial charge in [-0.25, -0.2) is 0 Å². The van der Waals surface area contributed by atoms with E-state index in [4.69, 9.17) is 17.1 Å². The number of halogens is 1. The first-order valence-corrected chi connectivity index (χ1v) is 7.96. The summed E-state index contributed by atoms with van der Waals surface area (Å²) in [6.07, 6.45) is 5.00. The number of fused-ring (bicyclic) bond motifs is 1. The molecule has 0 bridgehead atoms. The Balaban J connectivity index is 1.70.